The van der Waals surface area contributed by atoms with Crippen LogP contribution in [0.1, 0.15) is 21.9 Å². The molecule has 0 fully saturated rings. The van der Waals surface area contributed by atoms with Gasteiger partial charge in [0.15, 0.2) is 0 Å². The number of ether oxygens (including phenoxy) is 1. The van der Waals surface area contributed by atoms with Crippen molar-refractivity contribution in [2.45, 2.75) is 13.3 Å². The second kappa shape index (κ2) is 6.69. The summed E-state index contributed by atoms with van der Waals surface area (Å²) in [7, 11) is 1.30. The molecule has 0 saturated heterocycles. The minimum atomic E-state index is -0.555. The maximum Gasteiger partial charge on any atom is 0.376 e. The summed E-state index contributed by atoms with van der Waals surface area (Å²) in [6.07, 6.45) is 0.775. The minimum absolute atomic E-state index is 0.0460. The van der Waals surface area contributed by atoms with Crippen molar-refractivity contribution in [2.75, 3.05) is 19.0 Å². The van der Waals surface area contributed by atoms with Crippen LogP contribution in [0.25, 0.3) is 0 Å². The fraction of sp³-hybridized carbons (Fsp3) is 0.267. The molecule has 0 bridgehead atoms. The van der Waals surface area contributed by atoms with Crippen LogP contribution in [-0.4, -0.2) is 34.7 Å². The molecular weight excluding hydrogens is 270 g/mol. The van der Waals surface area contributed by atoms with Gasteiger partial charge in [-0.2, -0.15) is 0 Å². The average molecular weight is 287 g/mol. The van der Waals surface area contributed by atoms with Crippen LogP contribution in [0.5, 0.6) is 5.75 Å². The van der Waals surface area contributed by atoms with Crippen LogP contribution in [-0.2, 0) is 11.2 Å². The predicted octanol–water partition coefficient (Wildman–Crippen LogP) is 1.93. The van der Waals surface area contributed by atoms with E-state index in [-0.39, 0.29) is 11.6 Å². The largest absolute Gasteiger partial charge is 0.508 e. The van der Waals surface area contributed by atoms with Gasteiger partial charge in [-0.3, -0.25) is 0 Å². The van der Waals surface area contributed by atoms with Crippen molar-refractivity contribution in [1.82, 2.24) is 9.97 Å². The molecule has 6 nitrogen and oxygen atoms in total. The number of anilines is 1. The Bertz CT molecular complexity index is 627. The Morgan fingerprint density at radius 1 is 1.29 bits per heavy atom. The maximum atomic E-state index is 11.4. The van der Waals surface area contributed by atoms with Gasteiger partial charge in [0.05, 0.1) is 7.11 Å². The fourth-order valence-corrected chi connectivity index (χ4v) is 1.84. The molecule has 0 unspecified atom stereocenters. The highest BCUT2D eigenvalue weighted by Gasteiger charge is 2.11. The van der Waals surface area contributed by atoms with Gasteiger partial charge in [-0.25, -0.2) is 14.8 Å². The van der Waals surface area contributed by atoms with Crippen molar-refractivity contribution in [3.05, 3.63) is 47.4 Å². The smallest absolute Gasteiger partial charge is 0.376 e. The van der Waals surface area contributed by atoms with Gasteiger partial charge in [-0.15, -0.1) is 0 Å². The second-order valence-electron chi connectivity index (χ2n) is 4.55. The van der Waals surface area contributed by atoms with Gasteiger partial charge in [-0.1, -0.05) is 12.1 Å². The van der Waals surface area contributed by atoms with Crippen LogP contribution in [0, 0.1) is 6.92 Å². The number of nitrogens with zero attached hydrogens (tertiary/aromatic N) is 2. The molecule has 2 N–H and O–H groups in total. The number of hydrogen-bond donors (Lipinski definition) is 2. The summed E-state index contributed by atoms with van der Waals surface area (Å²) in [6, 6.07) is 8.80. The van der Waals surface area contributed by atoms with E-state index in [1.807, 2.05) is 12.1 Å². The Balaban J connectivity index is 1.98. The summed E-state index contributed by atoms with van der Waals surface area (Å²) in [6.45, 7) is 2.45. The first-order valence-electron chi connectivity index (χ1n) is 6.54. The lowest BCUT2D eigenvalue weighted by Gasteiger charge is -2.08. The summed E-state index contributed by atoms with van der Waals surface area (Å²) in [5, 5.41) is 12.4. The summed E-state index contributed by atoms with van der Waals surface area (Å²) in [5.74, 6) is 0.326. The van der Waals surface area contributed by atoms with E-state index in [1.165, 1.54) is 7.11 Å². The number of phenols is 1. The highest BCUT2D eigenvalue weighted by molar-refractivity contribution is 5.85. The topological polar surface area (TPSA) is 84.3 Å². The number of methoxy groups -OCH3 is 1. The molecule has 0 aliphatic heterocycles. The molecule has 0 atom stereocenters. The number of hydrogen-bond acceptors (Lipinski definition) is 6. The van der Waals surface area contributed by atoms with Gasteiger partial charge in [0.2, 0.25) is 5.82 Å². The third-order valence-electron chi connectivity index (χ3n) is 2.88. The van der Waals surface area contributed by atoms with E-state index in [4.69, 9.17) is 0 Å². The zero-order valence-corrected chi connectivity index (χ0v) is 12.0. The molecule has 2 aromatic rings. The number of esters is 1. The van der Waals surface area contributed by atoms with Crippen molar-refractivity contribution < 1.29 is 14.6 Å². The molecule has 6 heteroatoms. The van der Waals surface area contributed by atoms with E-state index in [9.17, 15) is 9.90 Å². The number of phenolic OH excluding ortho intramolecular Hbond substituents is 1. The average Bonchev–Trinajstić information content (AvgIpc) is 2.48. The van der Waals surface area contributed by atoms with Crippen LogP contribution in [0.15, 0.2) is 30.3 Å². The maximum absolute atomic E-state index is 11.4. The lowest BCUT2D eigenvalue weighted by atomic mass is 10.1. The lowest BCUT2D eigenvalue weighted by Crippen LogP contribution is -2.12. The second-order valence-corrected chi connectivity index (χ2v) is 4.55. The normalized spacial score (nSPS) is 10.2. The van der Waals surface area contributed by atoms with E-state index in [1.54, 1.807) is 25.1 Å². The first-order valence-corrected chi connectivity index (χ1v) is 6.54. The number of rotatable bonds is 5. The minimum Gasteiger partial charge on any atom is -0.508 e. The van der Waals surface area contributed by atoms with Crippen molar-refractivity contribution in [3.63, 3.8) is 0 Å². The predicted molar refractivity (Wildman–Crippen MR) is 78.4 cm³/mol. The van der Waals surface area contributed by atoms with Crippen molar-refractivity contribution in [3.8, 4) is 5.75 Å². The van der Waals surface area contributed by atoms with Crippen LogP contribution in [0.4, 0.5) is 5.82 Å². The third-order valence-corrected chi connectivity index (χ3v) is 2.88. The number of aryl methyl sites for hydroxylation is 1. The molecule has 0 saturated carbocycles. The monoisotopic (exact) mass is 287 g/mol. The van der Waals surface area contributed by atoms with Gasteiger partial charge in [0.1, 0.15) is 11.6 Å². The third kappa shape index (κ3) is 4.17. The molecule has 0 radical (unpaired) electrons. The summed E-state index contributed by atoms with van der Waals surface area (Å²) in [5.41, 5.74) is 1.79. The molecular formula is C15H17N3O3. The standard InChI is InChI=1S/C15H17N3O3/c1-10-9-13(18-14(17-10)15(20)21-2)16-8-7-11-3-5-12(19)6-4-11/h3-6,9,19H,7-8H2,1-2H3,(H,16,17,18). The van der Waals surface area contributed by atoms with Crippen molar-refractivity contribution in [2.24, 2.45) is 0 Å². The number of aromatic nitrogens is 2. The number of carbonyl (C=O) groups excluding carboxylic acids is 1. The zero-order valence-electron chi connectivity index (χ0n) is 12.0. The number of benzene rings is 1. The molecule has 1 heterocycles. The number of aromatic hydroxyl groups is 1. The molecule has 1 aromatic carbocycles. The Kier molecular flexibility index (Phi) is 4.71. The Morgan fingerprint density at radius 2 is 2.00 bits per heavy atom. The first kappa shape index (κ1) is 14.8. The van der Waals surface area contributed by atoms with Crippen LogP contribution in [0.3, 0.4) is 0 Å². The quantitative estimate of drug-likeness (QED) is 0.817. The molecule has 0 amide bonds. The highest BCUT2D eigenvalue weighted by atomic mass is 16.5. The molecule has 1 aromatic heterocycles. The SMILES string of the molecule is COC(=O)c1nc(C)cc(NCCc2ccc(O)cc2)n1. The Hall–Kier alpha value is -2.63. The van der Waals surface area contributed by atoms with E-state index >= 15 is 0 Å². The van der Waals surface area contributed by atoms with Gasteiger partial charge in [0, 0.05) is 18.3 Å². The van der Waals surface area contributed by atoms with Crippen LogP contribution < -0.4 is 5.32 Å². The molecule has 0 aliphatic rings. The van der Waals surface area contributed by atoms with Crippen molar-refractivity contribution >= 4 is 11.8 Å². The molecule has 110 valence electrons. The van der Waals surface area contributed by atoms with E-state index in [2.05, 4.69) is 20.0 Å². The lowest BCUT2D eigenvalue weighted by molar-refractivity contribution is 0.0586. The molecule has 0 aliphatic carbocycles. The van der Waals surface area contributed by atoms with Crippen LogP contribution >= 0.6 is 0 Å². The van der Waals surface area contributed by atoms with Crippen LogP contribution in [0.2, 0.25) is 0 Å². The van der Waals surface area contributed by atoms with Crippen molar-refractivity contribution in [1.29, 1.82) is 0 Å². The zero-order chi connectivity index (χ0) is 15.2. The fourth-order valence-electron chi connectivity index (χ4n) is 1.84. The van der Waals surface area contributed by atoms with Gasteiger partial charge in [-0.05, 0) is 31.0 Å². The number of nitrogens with one attached hydrogen (secondary N) is 1. The summed E-state index contributed by atoms with van der Waals surface area (Å²) < 4.78 is 4.62. The number of carbonyl (C=O) groups is 1. The molecule has 21 heavy (non-hydrogen) atoms. The molecule has 2 rings (SSSR count). The first-order chi connectivity index (χ1) is 10.1. The van der Waals surface area contributed by atoms with E-state index in [0.717, 1.165) is 12.0 Å². The van der Waals surface area contributed by atoms with E-state index in [0.29, 0.717) is 18.1 Å². The summed E-state index contributed by atoms with van der Waals surface area (Å²) >= 11 is 0. The highest BCUT2D eigenvalue weighted by Crippen LogP contribution is 2.11. The Morgan fingerprint density at radius 3 is 2.67 bits per heavy atom. The van der Waals surface area contributed by atoms with Gasteiger partial charge < -0.3 is 15.2 Å². The molecule has 0 spiro atoms. The van der Waals surface area contributed by atoms with Gasteiger partial charge >= 0.3 is 5.97 Å². The van der Waals surface area contributed by atoms with Gasteiger partial charge in [0.25, 0.3) is 0 Å². The van der Waals surface area contributed by atoms with E-state index < -0.39 is 5.97 Å². The Labute approximate surface area is 122 Å². The summed E-state index contributed by atoms with van der Waals surface area (Å²) in [4.78, 5) is 19.6.